The lowest BCUT2D eigenvalue weighted by Gasteiger charge is -2.15. The molecule has 0 heterocycles. The number of nitrogens with two attached hydrogens (primary N) is 1. The van der Waals surface area contributed by atoms with Gasteiger partial charge in [-0.3, -0.25) is 11.3 Å². The first kappa shape index (κ1) is 12.5. The molecule has 0 aliphatic rings. The Kier molecular flexibility index (Phi) is 6.66. The third kappa shape index (κ3) is 6.62. The fourth-order valence-corrected chi connectivity index (χ4v) is 0.846. The van der Waals surface area contributed by atoms with Gasteiger partial charge in [-0.15, -0.1) is 0 Å². The average molecular weight is 194 g/mol. The highest BCUT2D eigenvalue weighted by Gasteiger charge is 2.07. The Morgan fingerprint density at radius 1 is 1.62 bits per heavy atom. The highest BCUT2D eigenvalue weighted by atomic mass is 19.3. The van der Waals surface area contributed by atoms with Crippen LogP contribution in [-0.2, 0) is 4.74 Å². The molecule has 5 heteroatoms. The zero-order valence-electron chi connectivity index (χ0n) is 7.72. The van der Waals surface area contributed by atoms with E-state index in [0.29, 0.717) is 6.42 Å². The molecule has 0 aromatic heterocycles. The van der Waals surface area contributed by atoms with Gasteiger partial charge in [-0.05, 0) is 13.3 Å². The molecule has 0 bridgehead atoms. The maximum absolute atomic E-state index is 11.6. The van der Waals surface area contributed by atoms with Crippen LogP contribution in [0.3, 0.4) is 0 Å². The zero-order valence-corrected chi connectivity index (χ0v) is 7.72. The minimum Gasteiger partial charge on any atom is -0.375 e. The normalized spacial score (nSPS) is 13.3. The van der Waals surface area contributed by atoms with Gasteiger partial charge in [-0.2, -0.15) is 0 Å². The van der Waals surface area contributed by atoms with Crippen LogP contribution in [0.4, 0.5) is 8.78 Å². The summed E-state index contributed by atoms with van der Waals surface area (Å²) in [5.41, 5.74) is 3.39. The predicted molar refractivity (Wildman–Crippen MR) is 47.4 cm³/mol. The van der Waals surface area contributed by atoms with Crippen molar-refractivity contribution < 1.29 is 13.5 Å². The van der Waals surface area contributed by atoms with Crippen molar-refractivity contribution in [3.05, 3.63) is 12.2 Å². The second-order valence-corrected chi connectivity index (χ2v) is 2.82. The van der Waals surface area contributed by atoms with Crippen LogP contribution in [0, 0.1) is 0 Å². The van der Waals surface area contributed by atoms with Gasteiger partial charge in [0.1, 0.15) is 6.61 Å². The molecular weight excluding hydrogens is 178 g/mol. The molecule has 0 aromatic carbocycles. The predicted octanol–water partition coefficient (Wildman–Crippen LogP) is 1.07. The molecule has 0 rings (SSSR count). The fraction of sp³-hybridized carbons (Fsp3) is 0.750. The lowest BCUT2D eigenvalue weighted by molar-refractivity contribution is 0.0152. The third-order valence-electron chi connectivity index (χ3n) is 1.59. The van der Waals surface area contributed by atoms with Gasteiger partial charge in [-0.25, -0.2) is 8.78 Å². The van der Waals surface area contributed by atoms with Crippen LogP contribution >= 0.6 is 0 Å². The van der Waals surface area contributed by atoms with Crippen LogP contribution in [0.1, 0.15) is 13.3 Å². The highest BCUT2D eigenvalue weighted by molar-refractivity contribution is 5.00. The summed E-state index contributed by atoms with van der Waals surface area (Å²) in [7, 11) is 0. The van der Waals surface area contributed by atoms with Gasteiger partial charge in [0.2, 0.25) is 0 Å². The van der Waals surface area contributed by atoms with E-state index in [0.717, 1.165) is 5.57 Å². The van der Waals surface area contributed by atoms with E-state index in [-0.39, 0.29) is 12.6 Å². The van der Waals surface area contributed by atoms with Crippen molar-refractivity contribution in [2.75, 3.05) is 13.2 Å². The van der Waals surface area contributed by atoms with E-state index in [1.807, 2.05) is 6.92 Å². The second kappa shape index (κ2) is 6.94. The molecule has 0 aliphatic carbocycles. The van der Waals surface area contributed by atoms with E-state index < -0.39 is 13.0 Å². The fourth-order valence-electron chi connectivity index (χ4n) is 0.846. The molecule has 0 radical (unpaired) electrons. The van der Waals surface area contributed by atoms with Gasteiger partial charge < -0.3 is 4.74 Å². The van der Waals surface area contributed by atoms with Crippen molar-refractivity contribution >= 4 is 0 Å². The van der Waals surface area contributed by atoms with E-state index in [2.05, 4.69) is 12.0 Å². The molecule has 0 fully saturated rings. The quantitative estimate of drug-likeness (QED) is 0.276. The maximum atomic E-state index is 11.6. The number of hydrogen-bond acceptors (Lipinski definition) is 3. The van der Waals surface area contributed by atoms with Gasteiger partial charge in [0, 0.05) is 12.6 Å². The van der Waals surface area contributed by atoms with Crippen molar-refractivity contribution in [1.82, 2.24) is 5.43 Å². The first-order valence-electron chi connectivity index (χ1n) is 4.05. The molecule has 13 heavy (non-hydrogen) atoms. The standard InChI is InChI=1S/C8H16F2N2O/c1-6(2)7(12-11)3-4-13-5-8(9)10/h7-8,12H,1,3-5,11H2,2H3. The summed E-state index contributed by atoms with van der Waals surface area (Å²) in [4.78, 5) is 0. The van der Waals surface area contributed by atoms with E-state index in [9.17, 15) is 8.78 Å². The molecule has 3 nitrogen and oxygen atoms in total. The number of nitrogens with one attached hydrogen (secondary N) is 1. The Labute approximate surface area is 76.9 Å². The summed E-state index contributed by atoms with van der Waals surface area (Å²) in [6, 6.07) is -0.0716. The molecule has 0 aromatic rings. The van der Waals surface area contributed by atoms with E-state index in [1.165, 1.54) is 0 Å². The van der Waals surface area contributed by atoms with Crippen LogP contribution in [0.15, 0.2) is 12.2 Å². The second-order valence-electron chi connectivity index (χ2n) is 2.82. The summed E-state index contributed by atoms with van der Waals surface area (Å²) in [5, 5.41) is 0. The molecular formula is C8H16F2N2O. The van der Waals surface area contributed by atoms with Crippen molar-refractivity contribution in [3.8, 4) is 0 Å². The number of hydrogen-bond donors (Lipinski definition) is 2. The number of halogens is 2. The number of ether oxygens (including phenoxy) is 1. The van der Waals surface area contributed by atoms with Crippen molar-refractivity contribution in [3.63, 3.8) is 0 Å². The molecule has 1 atom stereocenters. The van der Waals surface area contributed by atoms with Crippen molar-refractivity contribution in [2.45, 2.75) is 25.8 Å². The maximum Gasteiger partial charge on any atom is 0.261 e. The van der Waals surface area contributed by atoms with Crippen LogP contribution in [0.5, 0.6) is 0 Å². The SMILES string of the molecule is C=C(C)C(CCOCC(F)F)NN. The summed E-state index contributed by atoms with van der Waals surface area (Å²) in [6.45, 7) is 5.25. The number of rotatable bonds is 7. The van der Waals surface area contributed by atoms with Gasteiger partial charge in [0.05, 0.1) is 0 Å². The topological polar surface area (TPSA) is 47.3 Å². The number of hydrazine groups is 1. The minimum atomic E-state index is -2.41. The van der Waals surface area contributed by atoms with Gasteiger partial charge in [0.15, 0.2) is 0 Å². The van der Waals surface area contributed by atoms with Crippen LogP contribution in [-0.4, -0.2) is 25.7 Å². The van der Waals surface area contributed by atoms with E-state index in [1.54, 1.807) is 0 Å². The first-order chi connectivity index (χ1) is 6.07. The van der Waals surface area contributed by atoms with Crippen molar-refractivity contribution in [1.29, 1.82) is 0 Å². The van der Waals surface area contributed by atoms with Crippen LogP contribution in [0.2, 0.25) is 0 Å². The Bertz CT molecular complexity index is 153. The number of alkyl halides is 2. The smallest absolute Gasteiger partial charge is 0.261 e. The molecule has 0 saturated heterocycles. The van der Waals surface area contributed by atoms with E-state index >= 15 is 0 Å². The van der Waals surface area contributed by atoms with Gasteiger partial charge in [-0.1, -0.05) is 12.2 Å². The third-order valence-corrected chi connectivity index (χ3v) is 1.59. The highest BCUT2D eigenvalue weighted by Crippen LogP contribution is 2.02. The Morgan fingerprint density at radius 2 is 2.23 bits per heavy atom. The lowest BCUT2D eigenvalue weighted by Crippen LogP contribution is -2.36. The Balaban J connectivity index is 3.44. The molecule has 3 N–H and O–H groups in total. The Morgan fingerprint density at radius 3 is 2.62 bits per heavy atom. The summed E-state index contributed by atoms with van der Waals surface area (Å²) in [5.74, 6) is 5.20. The summed E-state index contributed by atoms with van der Waals surface area (Å²) in [6.07, 6.45) is -1.85. The van der Waals surface area contributed by atoms with Crippen LogP contribution in [0.25, 0.3) is 0 Å². The molecule has 0 spiro atoms. The molecule has 78 valence electrons. The van der Waals surface area contributed by atoms with Crippen LogP contribution < -0.4 is 11.3 Å². The lowest BCUT2D eigenvalue weighted by atomic mass is 10.1. The van der Waals surface area contributed by atoms with E-state index in [4.69, 9.17) is 10.6 Å². The first-order valence-corrected chi connectivity index (χ1v) is 4.05. The van der Waals surface area contributed by atoms with Gasteiger partial charge >= 0.3 is 0 Å². The summed E-state index contributed by atoms with van der Waals surface area (Å²) >= 11 is 0. The van der Waals surface area contributed by atoms with Gasteiger partial charge in [0.25, 0.3) is 6.43 Å². The zero-order chi connectivity index (χ0) is 10.3. The molecule has 1 unspecified atom stereocenters. The average Bonchev–Trinajstić information content (AvgIpc) is 2.03. The summed E-state index contributed by atoms with van der Waals surface area (Å²) < 4.78 is 27.9. The largest absolute Gasteiger partial charge is 0.375 e. The monoisotopic (exact) mass is 194 g/mol. The molecule has 0 aliphatic heterocycles. The Hall–Kier alpha value is -0.520. The minimum absolute atomic E-state index is 0.0716. The van der Waals surface area contributed by atoms with Crippen molar-refractivity contribution in [2.24, 2.45) is 5.84 Å². The molecule has 0 amide bonds. The molecule has 0 saturated carbocycles.